The number of hydrogen-bond donors (Lipinski definition) is 2. The molecular weight excluding hydrogens is 310 g/mol. The summed E-state index contributed by atoms with van der Waals surface area (Å²) in [6.45, 7) is 1.81. The molecule has 0 spiro atoms. The van der Waals surface area contributed by atoms with E-state index < -0.39 is 11.9 Å². The van der Waals surface area contributed by atoms with E-state index >= 15 is 0 Å². The summed E-state index contributed by atoms with van der Waals surface area (Å²) < 4.78 is 1.65. The lowest BCUT2D eigenvalue weighted by Gasteiger charge is -2.09. The quantitative estimate of drug-likeness (QED) is 0.759. The summed E-state index contributed by atoms with van der Waals surface area (Å²) in [5.41, 5.74) is 1.14. The predicted octanol–water partition coefficient (Wildman–Crippen LogP) is 1.92. The molecule has 3 aromatic rings. The lowest BCUT2D eigenvalue weighted by molar-refractivity contribution is 0.0698. The number of nitrogens with zero attached hydrogens (tertiary/aromatic N) is 4. The van der Waals surface area contributed by atoms with Gasteiger partial charge in [0.2, 0.25) is 0 Å². The number of anilines is 1. The highest BCUT2D eigenvalue weighted by Crippen LogP contribution is 2.18. The smallest absolute Gasteiger partial charge is 0.337 e. The highest BCUT2D eigenvalue weighted by molar-refractivity contribution is 6.06. The Balaban J connectivity index is 1.83. The van der Waals surface area contributed by atoms with Crippen molar-refractivity contribution in [3.63, 3.8) is 0 Å². The number of carboxylic acids is 1. The lowest BCUT2D eigenvalue weighted by Crippen LogP contribution is -2.17. The molecule has 2 heterocycles. The van der Waals surface area contributed by atoms with Gasteiger partial charge in [0, 0.05) is 12.4 Å². The Labute approximate surface area is 136 Å². The van der Waals surface area contributed by atoms with E-state index in [1.807, 2.05) is 0 Å². The molecule has 0 saturated carbocycles. The van der Waals surface area contributed by atoms with Gasteiger partial charge in [-0.2, -0.15) is 0 Å². The average Bonchev–Trinajstić information content (AvgIpc) is 3.09. The molecule has 2 aromatic heterocycles. The average molecular weight is 323 g/mol. The number of rotatable bonds is 4. The summed E-state index contributed by atoms with van der Waals surface area (Å²) in [5.74, 6) is -1.13. The molecule has 0 radical (unpaired) electrons. The van der Waals surface area contributed by atoms with Crippen LogP contribution in [0, 0.1) is 6.92 Å². The van der Waals surface area contributed by atoms with Crippen LogP contribution in [0.1, 0.15) is 26.4 Å². The van der Waals surface area contributed by atoms with Gasteiger partial charge in [-0.05, 0) is 36.8 Å². The van der Waals surface area contributed by atoms with E-state index in [1.54, 1.807) is 48.4 Å². The first-order valence-corrected chi connectivity index (χ1v) is 7.02. The third kappa shape index (κ3) is 3.12. The van der Waals surface area contributed by atoms with Crippen LogP contribution in [0.15, 0.2) is 49.1 Å². The number of aryl methyl sites for hydroxylation is 1. The molecule has 0 aliphatic rings. The molecule has 0 aliphatic carbocycles. The Kier molecular flexibility index (Phi) is 4.02. The summed E-state index contributed by atoms with van der Waals surface area (Å²) in [7, 11) is 0. The van der Waals surface area contributed by atoms with Crippen LogP contribution in [0.3, 0.4) is 0 Å². The molecule has 120 valence electrons. The number of carbonyl (C=O) groups is 2. The number of nitrogens with one attached hydrogen (secondary N) is 1. The highest BCUT2D eigenvalue weighted by Gasteiger charge is 2.15. The SMILES string of the molecule is Cc1ccc(C(=O)O)c(NC(=O)c2ccc(-n3ccnc3)nn2)c1. The van der Waals surface area contributed by atoms with Crippen molar-refractivity contribution in [3.8, 4) is 5.82 Å². The van der Waals surface area contributed by atoms with E-state index in [4.69, 9.17) is 0 Å². The van der Waals surface area contributed by atoms with Gasteiger partial charge in [-0.15, -0.1) is 10.2 Å². The van der Waals surface area contributed by atoms with Crippen LogP contribution in [0.2, 0.25) is 0 Å². The molecule has 24 heavy (non-hydrogen) atoms. The Hall–Kier alpha value is -3.55. The summed E-state index contributed by atoms with van der Waals surface area (Å²) in [4.78, 5) is 27.4. The number of amides is 1. The van der Waals surface area contributed by atoms with Crippen molar-refractivity contribution in [2.24, 2.45) is 0 Å². The fourth-order valence-electron chi connectivity index (χ4n) is 2.11. The molecule has 2 N–H and O–H groups in total. The normalized spacial score (nSPS) is 10.4. The molecule has 0 fully saturated rings. The molecule has 0 bridgehead atoms. The largest absolute Gasteiger partial charge is 0.478 e. The number of imidazole rings is 1. The third-order valence-electron chi connectivity index (χ3n) is 3.31. The number of hydrogen-bond acceptors (Lipinski definition) is 5. The standard InChI is InChI=1S/C16H13N5O3/c1-10-2-3-11(16(23)24)13(8-10)18-15(22)12-4-5-14(20-19-12)21-7-6-17-9-21/h2-9H,1H3,(H,18,22)(H,23,24). The van der Waals surface area contributed by atoms with Crippen LogP contribution in [0.5, 0.6) is 0 Å². The number of carboxylic acid groups (broad SMARTS) is 1. The zero-order valence-electron chi connectivity index (χ0n) is 12.7. The molecular formula is C16H13N5O3. The van der Waals surface area contributed by atoms with Crippen molar-refractivity contribution < 1.29 is 14.7 Å². The van der Waals surface area contributed by atoms with E-state index in [1.165, 1.54) is 12.1 Å². The van der Waals surface area contributed by atoms with E-state index in [0.29, 0.717) is 5.82 Å². The minimum atomic E-state index is -1.12. The third-order valence-corrected chi connectivity index (χ3v) is 3.31. The summed E-state index contributed by atoms with van der Waals surface area (Å²) >= 11 is 0. The van der Waals surface area contributed by atoms with Crippen molar-refractivity contribution in [1.82, 2.24) is 19.7 Å². The second-order valence-electron chi connectivity index (χ2n) is 5.06. The number of aromatic carboxylic acids is 1. The Bertz CT molecular complexity index is 889. The number of benzene rings is 1. The summed E-state index contributed by atoms with van der Waals surface area (Å²) in [5, 5.41) is 19.6. The van der Waals surface area contributed by atoms with E-state index in [2.05, 4.69) is 20.5 Å². The molecule has 0 unspecified atom stereocenters. The van der Waals surface area contributed by atoms with E-state index in [-0.39, 0.29) is 16.9 Å². The second kappa shape index (κ2) is 6.29. The summed E-state index contributed by atoms with van der Waals surface area (Å²) in [6, 6.07) is 7.83. The monoisotopic (exact) mass is 323 g/mol. The maximum atomic E-state index is 12.3. The van der Waals surface area contributed by atoms with Crippen LogP contribution < -0.4 is 5.32 Å². The van der Waals surface area contributed by atoms with Crippen molar-refractivity contribution >= 4 is 17.6 Å². The lowest BCUT2D eigenvalue weighted by atomic mass is 10.1. The first kappa shape index (κ1) is 15.3. The van der Waals surface area contributed by atoms with Crippen LogP contribution in [-0.4, -0.2) is 36.7 Å². The van der Waals surface area contributed by atoms with E-state index in [9.17, 15) is 14.7 Å². The fourth-order valence-corrected chi connectivity index (χ4v) is 2.11. The molecule has 3 rings (SSSR count). The van der Waals surface area contributed by atoms with Gasteiger partial charge in [0.05, 0.1) is 11.3 Å². The van der Waals surface area contributed by atoms with Crippen molar-refractivity contribution in [2.75, 3.05) is 5.32 Å². The van der Waals surface area contributed by atoms with Crippen molar-refractivity contribution in [1.29, 1.82) is 0 Å². The zero-order chi connectivity index (χ0) is 17.1. The molecule has 0 atom stereocenters. The molecule has 8 heteroatoms. The molecule has 1 amide bonds. The second-order valence-corrected chi connectivity index (χ2v) is 5.06. The minimum absolute atomic E-state index is 0.0111. The van der Waals surface area contributed by atoms with Gasteiger partial charge in [-0.25, -0.2) is 9.78 Å². The fraction of sp³-hybridized carbons (Fsp3) is 0.0625. The van der Waals surface area contributed by atoms with Crippen LogP contribution in [0.25, 0.3) is 5.82 Å². The first-order valence-electron chi connectivity index (χ1n) is 7.02. The topological polar surface area (TPSA) is 110 Å². The zero-order valence-corrected chi connectivity index (χ0v) is 12.7. The van der Waals surface area contributed by atoms with Crippen molar-refractivity contribution in [3.05, 3.63) is 65.9 Å². The van der Waals surface area contributed by atoms with Gasteiger partial charge in [-0.1, -0.05) is 6.07 Å². The van der Waals surface area contributed by atoms with Gasteiger partial charge < -0.3 is 10.4 Å². The maximum absolute atomic E-state index is 12.3. The molecule has 0 aliphatic heterocycles. The molecule has 1 aromatic carbocycles. The van der Waals surface area contributed by atoms with Crippen LogP contribution in [-0.2, 0) is 0 Å². The summed E-state index contributed by atoms with van der Waals surface area (Å²) in [6.07, 6.45) is 4.87. The van der Waals surface area contributed by atoms with Gasteiger partial charge >= 0.3 is 5.97 Å². The maximum Gasteiger partial charge on any atom is 0.337 e. The Morgan fingerprint density at radius 2 is 2.00 bits per heavy atom. The van der Waals surface area contributed by atoms with Crippen LogP contribution >= 0.6 is 0 Å². The first-order chi connectivity index (χ1) is 11.5. The Morgan fingerprint density at radius 1 is 1.17 bits per heavy atom. The number of carbonyl (C=O) groups excluding carboxylic acids is 1. The minimum Gasteiger partial charge on any atom is -0.478 e. The van der Waals surface area contributed by atoms with Gasteiger partial charge in [0.1, 0.15) is 6.33 Å². The van der Waals surface area contributed by atoms with Gasteiger partial charge in [-0.3, -0.25) is 9.36 Å². The van der Waals surface area contributed by atoms with Gasteiger partial charge in [0.25, 0.3) is 5.91 Å². The molecule has 8 nitrogen and oxygen atoms in total. The van der Waals surface area contributed by atoms with Gasteiger partial charge in [0.15, 0.2) is 11.5 Å². The molecule has 0 saturated heterocycles. The Morgan fingerprint density at radius 3 is 2.62 bits per heavy atom. The van der Waals surface area contributed by atoms with Crippen LogP contribution in [0.4, 0.5) is 5.69 Å². The highest BCUT2D eigenvalue weighted by atomic mass is 16.4. The predicted molar refractivity (Wildman–Crippen MR) is 85.2 cm³/mol. The van der Waals surface area contributed by atoms with E-state index in [0.717, 1.165) is 5.56 Å². The number of aromatic nitrogens is 4. The van der Waals surface area contributed by atoms with Crippen molar-refractivity contribution in [2.45, 2.75) is 6.92 Å².